The Morgan fingerprint density at radius 1 is 1.05 bits per heavy atom. The Kier molecular flexibility index (Phi) is 7.53. The first-order chi connectivity index (χ1) is 17.8. The molecule has 7 nitrogen and oxygen atoms in total. The molecule has 9 heteroatoms. The normalized spacial score (nSPS) is 24.9. The van der Waals surface area contributed by atoms with Gasteiger partial charge < -0.3 is 14.2 Å². The third-order valence-electron chi connectivity index (χ3n) is 7.79. The van der Waals surface area contributed by atoms with Gasteiger partial charge in [0.05, 0.1) is 24.5 Å². The van der Waals surface area contributed by atoms with Crippen molar-refractivity contribution < 1.29 is 17.5 Å². The van der Waals surface area contributed by atoms with E-state index in [1.807, 2.05) is 30.7 Å². The van der Waals surface area contributed by atoms with Gasteiger partial charge in [0, 0.05) is 44.3 Å². The number of anilines is 1. The number of piperidine rings is 2. The van der Waals surface area contributed by atoms with Crippen molar-refractivity contribution in [1.29, 1.82) is 0 Å². The van der Waals surface area contributed by atoms with Gasteiger partial charge in [-0.2, -0.15) is 0 Å². The summed E-state index contributed by atoms with van der Waals surface area (Å²) in [7, 11) is -3.13. The van der Waals surface area contributed by atoms with Gasteiger partial charge in [0.15, 0.2) is 0 Å². The average molecular weight is 527 g/mol. The molecule has 198 valence electrons. The minimum absolute atomic E-state index is 0.0115. The van der Waals surface area contributed by atoms with Crippen molar-refractivity contribution in [3.63, 3.8) is 0 Å². The molecule has 0 aliphatic carbocycles. The smallest absolute Gasteiger partial charge is 0.211 e. The van der Waals surface area contributed by atoms with Crippen LogP contribution in [0.4, 0.5) is 10.1 Å². The van der Waals surface area contributed by atoms with Gasteiger partial charge >= 0.3 is 0 Å². The zero-order valence-corrected chi connectivity index (χ0v) is 22.1. The minimum Gasteiger partial charge on any atom is -0.490 e. The Bertz CT molecular complexity index is 1270. The van der Waals surface area contributed by atoms with Crippen LogP contribution >= 0.6 is 0 Å². The second kappa shape index (κ2) is 10.8. The van der Waals surface area contributed by atoms with E-state index in [1.54, 1.807) is 12.2 Å². The molecule has 1 unspecified atom stereocenters. The number of hydrogen-bond acceptors (Lipinski definition) is 5. The van der Waals surface area contributed by atoms with Crippen LogP contribution in [-0.4, -0.2) is 60.8 Å². The van der Waals surface area contributed by atoms with Crippen molar-refractivity contribution in [2.45, 2.75) is 44.2 Å². The summed E-state index contributed by atoms with van der Waals surface area (Å²) in [6, 6.07) is 8.19. The van der Waals surface area contributed by atoms with Crippen LogP contribution < -0.4 is 9.64 Å². The summed E-state index contributed by atoms with van der Waals surface area (Å²) in [6.07, 6.45) is 13.7. The standard InChI is InChI=1S/C28H35FN4O3S/c1-21-4-3-5-23(29)18-27(33-20-30-19-28(21)33)22-10-14-31(15-11-22)24-6-8-25(9-7-24)36-26-12-16-32(17-13-26)37(2,34)35/h3-9,19-20,22,26-27H,1,10-18H2,2H3/b4-3-,23-5+. The molecule has 1 atom stereocenters. The summed E-state index contributed by atoms with van der Waals surface area (Å²) >= 11 is 0. The molecule has 0 spiro atoms. The van der Waals surface area contributed by atoms with E-state index in [0.29, 0.717) is 38.3 Å². The zero-order chi connectivity index (χ0) is 26.0. The van der Waals surface area contributed by atoms with Crippen molar-refractivity contribution in [1.82, 2.24) is 13.9 Å². The quantitative estimate of drug-likeness (QED) is 0.550. The fourth-order valence-electron chi connectivity index (χ4n) is 5.68. The highest BCUT2D eigenvalue weighted by Crippen LogP contribution is 2.37. The van der Waals surface area contributed by atoms with Crippen LogP contribution in [0.25, 0.3) is 5.57 Å². The highest BCUT2D eigenvalue weighted by molar-refractivity contribution is 7.88. The lowest BCUT2D eigenvalue weighted by Gasteiger charge is -2.38. The molecule has 2 fully saturated rings. The molecule has 2 saturated heterocycles. The van der Waals surface area contributed by atoms with Gasteiger partial charge in [-0.1, -0.05) is 18.7 Å². The van der Waals surface area contributed by atoms with Gasteiger partial charge in [0.2, 0.25) is 10.0 Å². The topological polar surface area (TPSA) is 67.7 Å². The predicted molar refractivity (Wildman–Crippen MR) is 145 cm³/mol. The lowest BCUT2D eigenvalue weighted by atomic mass is 9.86. The van der Waals surface area contributed by atoms with Crippen molar-refractivity contribution in [3.05, 3.63) is 73.1 Å². The molecule has 0 saturated carbocycles. The summed E-state index contributed by atoms with van der Waals surface area (Å²) in [6.45, 7) is 6.95. The van der Waals surface area contributed by atoms with E-state index < -0.39 is 10.0 Å². The van der Waals surface area contributed by atoms with Crippen molar-refractivity contribution in [2.75, 3.05) is 37.3 Å². The van der Waals surface area contributed by atoms with E-state index in [9.17, 15) is 12.8 Å². The van der Waals surface area contributed by atoms with Crippen LogP contribution in [0, 0.1) is 5.92 Å². The van der Waals surface area contributed by atoms with Crippen LogP contribution in [0.5, 0.6) is 5.75 Å². The number of sulfonamides is 1. The number of fused-ring (bicyclic) bond motifs is 1. The summed E-state index contributed by atoms with van der Waals surface area (Å²) in [4.78, 5) is 6.72. The van der Waals surface area contributed by atoms with Gasteiger partial charge in [-0.15, -0.1) is 0 Å². The second-order valence-corrected chi connectivity index (χ2v) is 12.2. The maximum Gasteiger partial charge on any atom is 0.211 e. The van der Waals surface area contributed by atoms with Crippen molar-refractivity contribution in [3.8, 4) is 5.75 Å². The number of benzene rings is 1. The van der Waals surface area contributed by atoms with Gasteiger partial charge in [-0.3, -0.25) is 0 Å². The molecule has 1 aromatic carbocycles. The van der Waals surface area contributed by atoms with E-state index in [4.69, 9.17) is 4.74 Å². The van der Waals surface area contributed by atoms with Crippen molar-refractivity contribution >= 4 is 21.3 Å². The second-order valence-electron chi connectivity index (χ2n) is 10.3. The summed E-state index contributed by atoms with van der Waals surface area (Å²) in [5, 5.41) is 0. The maximum absolute atomic E-state index is 14.7. The Balaban J connectivity index is 1.18. The van der Waals surface area contributed by atoms with Crippen LogP contribution in [0.2, 0.25) is 0 Å². The maximum atomic E-state index is 14.7. The highest BCUT2D eigenvalue weighted by Gasteiger charge is 2.31. The monoisotopic (exact) mass is 526 g/mol. The molecule has 0 N–H and O–H groups in total. The number of imidazole rings is 1. The van der Waals surface area contributed by atoms with Gasteiger partial charge in [0.1, 0.15) is 17.7 Å². The van der Waals surface area contributed by atoms with E-state index in [-0.39, 0.29) is 18.0 Å². The average Bonchev–Trinajstić information content (AvgIpc) is 3.38. The molecule has 0 bridgehead atoms. The number of rotatable bonds is 5. The van der Waals surface area contributed by atoms with E-state index >= 15 is 0 Å². The number of aromatic nitrogens is 2. The molecular formula is C28H35FN4O3S. The first kappa shape index (κ1) is 25.7. The molecular weight excluding hydrogens is 491 g/mol. The highest BCUT2D eigenvalue weighted by atomic mass is 32.2. The zero-order valence-electron chi connectivity index (χ0n) is 21.3. The van der Waals surface area contributed by atoms with Gasteiger partial charge in [-0.25, -0.2) is 22.1 Å². The van der Waals surface area contributed by atoms with E-state index in [1.165, 1.54) is 10.6 Å². The molecule has 0 amide bonds. The van der Waals surface area contributed by atoms with Crippen LogP contribution in [-0.2, 0) is 10.0 Å². The Morgan fingerprint density at radius 3 is 2.43 bits per heavy atom. The summed E-state index contributed by atoms with van der Waals surface area (Å²) in [5.74, 6) is 1.04. The molecule has 0 radical (unpaired) electrons. The third kappa shape index (κ3) is 5.99. The fraction of sp³-hybridized carbons (Fsp3) is 0.464. The first-order valence-corrected chi connectivity index (χ1v) is 14.8. The molecule has 2 aromatic rings. The minimum atomic E-state index is -3.13. The lowest BCUT2D eigenvalue weighted by Crippen LogP contribution is -2.41. The van der Waals surface area contributed by atoms with Crippen LogP contribution in [0.1, 0.15) is 43.8 Å². The largest absolute Gasteiger partial charge is 0.490 e. The van der Waals surface area contributed by atoms with E-state index in [2.05, 4.69) is 33.2 Å². The van der Waals surface area contributed by atoms with Crippen LogP contribution in [0.15, 0.2) is 67.4 Å². The molecule has 5 rings (SSSR count). The Morgan fingerprint density at radius 2 is 1.76 bits per heavy atom. The molecule has 3 aliphatic rings. The lowest BCUT2D eigenvalue weighted by molar-refractivity contribution is 0.135. The molecule has 3 aliphatic heterocycles. The number of halogens is 1. The molecule has 37 heavy (non-hydrogen) atoms. The van der Waals surface area contributed by atoms with Crippen LogP contribution in [0.3, 0.4) is 0 Å². The Labute approximate surface area is 219 Å². The number of hydrogen-bond donors (Lipinski definition) is 0. The molecule has 4 heterocycles. The van der Waals surface area contributed by atoms with Crippen molar-refractivity contribution in [2.24, 2.45) is 5.92 Å². The van der Waals surface area contributed by atoms with E-state index in [0.717, 1.165) is 48.6 Å². The first-order valence-electron chi connectivity index (χ1n) is 13.0. The van der Waals surface area contributed by atoms with Gasteiger partial charge in [-0.05, 0) is 67.5 Å². The number of allylic oxidation sites excluding steroid dienone is 5. The fourth-order valence-corrected chi connectivity index (χ4v) is 6.56. The number of nitrogens with zero attached hydrogens (tertiary/aromatic N) is 4. The SMILES string of the molecule is C=C1/C=C\C=C(\F)CC(C2CCN(c3ccc(OC4CCN(S(C)(=O)=O)CC4)cc3)CC2)n2cncc21. The van der Waals surface area contributed by atoms with Gasteiger partial charge in [0.25, 0.3) is 0 Å². The summed E-state index contributed by atoms with van der Waals surface area (Å²) < 4.78 is 47.8. The summed E-state index contributed by atoms with van der Waals surface area (Å²) in [5.41, 5.74) is 2.94. The third-order valence-corrected chi connectivity index (χ3v) is 9.09. The number of ether oxygens (including phenoxy) is 1. The Hall–Kier alpha value is -2.91. The molecule has 1 aromatic heterocycles. The predicted octanol–water partition coefficient (Wildman–Crippen LogP) is 4.97.